The van der Waals surface area contributed by atoms with Crippen LogP contribution in [0.5, 0.6) is 5.75 Å². The van der Waals surface area contributed by atoms with Crippen molar-refractivity contribution in [1.29, 1.82) is 0 Å². The van der Waals surface area contributed by atoms with Gasteiger partial charge in [-0.2, -0.15) is 0 Å². The van der Waals surface area contributed by atoms with E-state index < -0.39 is 6.09 Å². The Balaban J connectivity index is 2.47. The molecule has 0 aliphatic rings. The van der Waals surface area contributed by atoms with Crippen LogP contribution in [0.15, 0.2) is 18.5 Å². The molecule has 5 nitrogen and oxygen atoms in total. The first-order chi connectivity index (χ1) is 7.90. The summed E-state index contributed by atoms with van der Waals surface area (Å²) in [7, 11) is 1.56. The topological polar surface area (TPSA) is 60.5 Å². The van der Waals surface area contributed by atoms with Gasteiger partial charge in [0.25, 0.3) is 0 Å². The van der Waals surface area contributed by atoms with Crippen molar-refractivity contribution in [2.45, 2.75) is 32.9 Å². The zero-order chi connectivity index (χ0) is 12.9. The number of nitrogens with zero attached hydrogens (tertiary/aromatic N) is 1. The van der Waals surface area contributed by atoms with Crippen LogP contribution in [0.4, 0.5) is 4.79 Å². The molecule has 17 heavy (non-hydrogen) atoms. The molecule has 0 radical (unpaired) electrons. The van der Waals surface area contributed by atoms with Crippen molar-refractivity contribution in [3.63, 3.8) is 0 Å². The van der Waals surface area contributed by atoms with Crippen LogP contribution in [-0.2, 0) is 11.3 Å². The van der Waals surface area contributed by atoms with Crippen LogP contribution in [0, 0.1) is 0 Å². The van der Waals surface area contributed by atoms with E-state index in [2.05, 4.69) is 10.3 Å². The number of pyridine rings is 1. The van der Waals surface area contributed by atoms with Gasteiger partial charge >= 0.3 is 6.09 Å². The van der Waals surface area contributed by atoms with Gasteiger partial charge in [0.1, 0.15) is 12.4 Å². The molecular weight excluding hydrogens is 220 g/mol. The molecule has 0 spiro atoms. The van der Waals surface area contributed by atoms with Crippen molar-refractivity contribution >= 4 is 6.09 Å². The molecule has 0 aliphatic heterocycles. The van der Waals surface area contributed by atoms with E-state index >= 15 is 0 Å². The van der Waals surface area contributed by atoms with E-state index in [-0.39, 0.29) is 12.1 Å². The molecule has 1 heterocycles. The van der Waals surface area contributed by atoms with Crippen molar-refractivity contribution in [2.24, 2.45) is 0 Å². The van der Waals surface area contributed by atoms with Crippen molar-refractivity contribution in [3.05, 3.63) is 24.0 Å². The molecule has 0 fully saturated rings. The van der Waals surface area contributed by atoms with Crippen LogP contribution in [-0.4, -0.2) is 23.7 Å². The number of nitrogens with one attached hydrogen (secondary N) is 1. The maximum Gasteiger partial charge on any atom is 0.407 e. The number of hydrogen-bond donors (Lipinski definition) is 1. The number of amides is 1. The highest BCUT2D eigenvalue weighted by atomic mass is 16.5. The first-order valence-electron chi connectivity index (χ1n) is 5.33. The van der Waals surface area contributed by atoms with Crippen molar-refractivity contribution in [2.75, 3.05) is 7.11 Å². The highest BCUT2D eigenvalue weighted by Crippen LogP contribution is 2.11. The lowest BCUT2D eigenvalue weighted by molar-refractivity contribution is 0.131. The second-order valence-corrected chi connectivity index (χ2v) is 4.68. The Hall–Kier alpha value is -1.78. The third kappa shape index (κ3) is 5.19. The SMILES string of the molecule is COc1cncc(COC(=O)NC(C)(C)C)c1. The number of ether oxygens (including phenoxy) is 2. The Kier molecular flexibility index (Phi) is 4.31. The zero-order valence-corrected chi connectivity index (χ0v) is 10.6. The standard InChI is InChI=1S/C12H18N2O3/c1-12(2,3)14-11(15)17-8-9-5-10(16-4)7-13-6-9/h5-7H,8H2,1-4H3,(H,14,15). The predicted octanol–water partition coefficient (Wildman–Crippen LogP) is 2.11. The van der Waals surface area contributed by atoms with Gasteiger partial charge in [0.2, 0.25) is 0 Å². The maximum absolute atomic E-state index is 11.4. The lowest BCUT2D eigenvalue weighted by atomic mass is 10.1. The largest absolute Gasteiger partial charge is 0.495 e. The highest BCUT2D eigenvalue weighted by Gasteiger charge is 2.14. The summed E-state index contributed by atoms with van der Waals surface area (Å²) >= 11 is 0. The molecule has 0 saturated carbocycles. The quantitative estimate of drug-likeness (QED) is 0.876. The number of methoxy groups -OCH3 is 1. The van der Waals surface area contributed by atoms with Crippen molar-refractivity contribution in [3.8, 4) is 5.75 Å². The Morgan fingerprint density at radius 2 is 2.12 bits per heavy atom. The van der Waals surface area contributed by atoms with Gasteiger partial charge in [0.15, 0.2) is 0 Å². The molecular formula is C12H18N2O3. The summed E-state index contributed by atoms with van der Waals surface area (Å²) < 4.78 is 10.1. The summed E-state index contributed by atoms with van der Waals surface area (Å²) in [6.07, 6.45) is 2.78. The molecule has 1 amide bonds. The summed E-state index contributed by atoms with van der Waals surface area (Å²) in [5.74, 6) is 0.641. The second-order valence-electron chi connectivity index (χ2n) is 4.68. The molecule has 0 aromatic carbocycles. The number of carbonyl (C=O) groups is 1. The zero-order valence-electron chi connectivity index (χ0n) is 10.6. The fraction of sp³-hybridized carbons (Fsp3) is 0.500. The Morgan fingerprint density at radius 1 is 1.41 bits per heavy atom. The molecule has 0 atom stereocenters. The van der Waals surface area contributed by atoms with Crippen molar-refractivity contribution < 1.29 is 14.3 Å². The molecule has 0 aliphatic carbocycles. The molecule has 1 rings (SSSR count). The number of hydrogen-bond acceptors (Lipinski definition) is 4. The van der Waals surface area contributed by atoms with E-state index in [1.165, 1.54) is 0 Å². The van der Waals surface area contributed by atoms with Crippen LogP contribution in [0.2, 0.25) is 0 Å². The molecule has 0 saturated heterocycles. The van der Waals surface area contributed by atoms with Gasteiger partial charge in [-0.1, -0.05) is 0 Å². The second kappa shape index (κ2) is 5.52. The van der Waals surface area contributed by atoms with Crippen LogP contribution in [0.3, 0.4) is 0 Å². The minimum absolute atomic E-state index is 0.173. The molecule has 94 valence electrons. The normalized spacial score (nSPS) is 10.8. The average Bonchev–Trinajstić information content (AvgIpc) is 2.24. The fourth-order valence-electron chi connectivity index (χ4n) is 1.15. The summed E-state index contributed by atoms with van der Waals surface area (Å²) in [6.45, 7) is 5.84. The summed E-state index contributed by atoms with van der Waals surface area (Å²) in [4.78, 5) is 15.4. The van der Waals surface area contributed by atoms with E-state index in [0.717, 1.165) is 5.56 Å². The molecule has 1 aromatic rings. The van der Waals surface area contributed by atoms with Gasteiger partial charge < -0.3 is 14.8 Å². The maximum atomic E-state index is 11.4. The summed E-state index contributed by atoms with van der Waals surface area (Å²) in [5, 5.41) is 2.71. The van der Waals surface area contributed by atoms with Crippen LogP contribution < -0.4 is 10.1 Å². The van der Waals surface area contributed by atoms with E-state index in [1.54, 1.807) is 25.6 Å². The van der Waals surface area contributed by atoms with Gasteiger partial charge in [-0.05, 0) is 26.8 Å². The van der Waals surface area contributed by atoms with Gasteiger partial charge in [0, 0.05) is 17.3 Å². The fourth-order valence-corrected chi connectivity index (χ4v) is 1.15. The van der Waals surface area contributed by atoms with E-state index in [1.807, 2.05) is 20.8 Å². The number of alkyl carbamates (subject to hydrolysis) is 1. The number of aromatic nitrogens is 1. The minimum atomic E-state index is -0.444. The lowest BCUT2D eigenvalue weighted by Gasteiger charge is -2.19. The van der Waals surface area contributed by atoms with Crippen molar-refractivity contribution in [1.82, 2.24) is 10.3 Å². The Bertz CT molecular complexity index is 386. The highest BCUT2D eigenvalue weighted by molar-refractivity contribution is 5.68. The molecule has 0 bridgehead atoms. The van der Waals surface area contributed by atoms with Gasteiger partial charge in [-0.25, -0.2) is 4.79 Å². The Morgan fingerprint density at radius 3 is 2.71 bits per heavy atom. The predicted molar refractivity (Wildman–Crippen MR) is 63.9 cm³/mol. The first-order valence-corrected chi connectivity index (χ1v) is 5.33. The molecule has 5 heteroatoms. The van der Waals surface area contributed by atoms with E-state index in [0.29, 0.717) is 5.75 Å². The smallest absolute Gasteiger partial charge is 0.407 e. The van der Waals surface area contributed by atoms with E-state index in [4.69, 9.17) is 9.47 Å². The van der Waals surface area contributed by atoms with Gasteiger partial charge in [0.05, 0.1) is 13.3 Å². The van der Waals surface area contributed by atoms with Crippen LogP contribution in [0.1, 0.15) is 26.3 Å². The summed E-state index contributed by atoms with van der Waals surface area (Å²) in [6, 6.07) is 1.78. The van der Waals surface area contributed by atoms with Crippen LogP contribution >= 0.6 is 0 Å². The van der Waals surface area contributed by atoms with Gasteiger partial charge in [-0.15, -0.1) is 0 Å². The minimum Gasteiger partial charge on any atom is -0.495 e. The molecule has 1 N–H and O–H groups in total. The lowest BCUT2D eigenvalue weighted by Crippen LogP contribution is -2.40. The number of rotatable bonds is 3. The van der Waals surface area contributed by atoms with E-state index in [9.17, 15) is 4.79 Å². The monoisotopic (exact) mass is 238 g/mol. The average molecular weight is 238 g/mol. The molecule has 0 unspecified atom stereocenters. The first kappa shape index (κ1) is 13.3. The van der Waals surface area contributed by atoms with Gasteiger partial charge in [-0.3, -0.25) is 4.98 Å². The summed E-state index contributed by atoms with van der Waals surface area (Å²) in [5.41, 5.74) is 0.484. The Labute approximate surface area is 101 Å². The number of carbonyl (C=O) groups excluding carboxylic acids is 1. The third-order valence-corrected chi connectivity index (χ3v) is 1.85. The molecule has 1 aromatic heterocycles. The van der Waals surface area contributed by atoms with Crippen LogP contribution in [0.25, 0.3) is 0 Å². The third-order valence-electron chi connectivity index (χ3n) is 1.85.